The van der Waals surface area contributed by atoms with E-state index < -0.39 is 34.3 Å². The molecule has 1 atom stereocenters. The van der Waals surface area contributed by atoms with Crippen LogP contribution in [0.3, 0.4) is 0 Å². The smallest absolute Gasteiger partial charge is 0.264 e. The second-order valence-corrected chi connectivity index (χ2v) is 12.7. The molecule has 0 unspecified atom stereocenters. The number of amides is 2. The fourth-order valence-electron chi connectivity index (χ4n) is 5.08. The molecule has 4 aromatic carbocycles. The van der Waals surface area contributed by atoms with Crippen LogP contribution in [0.2, 0.25) is 0 Å². The van der Waals surface area contributed by atoms with E-state index in [1.807, 2.05) is 67.6 Å². The number of methoxy groups -OCH3 is 2. The van der Waals surface area contributed by atoms with Crippen molar-refractivity contribution >= 4 is 27.5 Å². The fourth-order valence-corrected chi connectivity index (χ4v) is 6.51. The van der Waals surface area contributed by atoms with Crippen LogP contribution >= 0.6 is 0 Å². The molecule has 0 spiro atoms. The third-order valence-corrected chi connectivity index (χ3v) is 9.40. The minimum Gasteiger partial charge on any atom is -0.493 e. The van der Waals surface area contributed by atoms with Crippen LogP contribution < -0.4 is 19.1 Å². The van der Waals surface area contributed by atoms with Gasteiger partial charge in [-0.15, -0.1) is 0 Å². The molecular formula is C36H40FN3O6S. The number of anilines is 1. The summed E-state index contributed by atoms with van der Waals surface area (Å²) in [5.74, 6) is -1.03. The van der Waals surface area contributed by atoms with Crippen molar-refractivity contribution < 1.29 is 31.9 Å². The van der Waals surface area contributed by atoms with Gasteiger partial charge in [0.1, 0.15) is 18.4 Å². The highest BCUT2D eigenvalue weighted by Gasteiger charge is 2.35. The molecule has 0 aromatic heterocycles. The summed E-state index contributed by atoms with van der Waals surface area (Å²) in [6.45, 7) is 1.83. The van der Waals surface area contributed by atoms with Crippen LogP contribution in [-0.2, 0) is 32.6 Å². The Morgan fingerprint density at radius 2 is 1.45 bits per heavy atom. The van der Waals surface area contributed by atoms with Gasteiger partial charge in [0.25, 0.3) is 10.0 Å². The lowest BCUT2D eigenvalue weighted by Crippen LogP contribution is -2.53. The Balaban J connectivity index is 1.79. The molecule has 0 heterocycles. The molecule has 9 nitrogen and oxygen atoms in total. The first kappa shape index (κ1) is 35.0. The Labute approximate surface area is 276 Å². The van der Waals surface area contributed by atoms with Gasteiger partial charge < -0.3 is 19.7 Å². The van der Waals surface area contributed by atoms with E-state index in [-0.39, 0.29) is 35.2 Å². The number of hydrogen-bond donors (Lipinski definition) is 1. The van der Waals surface area contributed by atoms with Crippen molar-refractivity contribution in [1.82, 2.24) is 10.2 Å². The largest absolute Gasteiger partial charge is 0.493 e. The number of benzene rings is 4. The van der Waals surface area contributed by atoms with Crippen LogP contribution in [0.25, 0.3) is 0 Å². The van der Waals surface area contributed by atoms with E-state index in [2.05, 4.69) is 5.32 Å². The SMILES string of the molecule is CCCCNC(=O)[C@H](Cc1ccccc1)N(Cc1ccccc1)C(=O)CN(c1ccc(F)cc1)S(=O)(=O)c1ccc(OC)c(OC)c1. The summed E-state index contributed by atoms with van der Waals surface area (Å²) >= 11 is 0. The number of unbranched alkanes of at least 4 members (excludes halogenated alkanes) is 1. The lowest BCUT2D eigenvalue weighted by molar-refractivity contribution is -0.140. The second-order valence-electron chi connectivity index (χ2n) is 10.9. The molecule has 47 heavy (non-hydrogen) atoms. The molecule has 0 saturated heterocycles. The number of rotatable bonds is 16. The molecular weight excluding hydrogens is 621 g/mol. The molecule has 0 aliphatic carbocycles. The zero-order valence-corrected chi connectivity index (χ0v) is 27.6. The van der Waals surface area contributed by atoms with Gasteiger partial charge in [0.15, 0.2) is 11.5 Å². The average Bonchev–Trinajstić information content (AvgIpc) is 3.09. The lowest BCUT2D eigenvalue weighted by Gasteiger charge is -2.34. The maximum Gasteiger partial charge on any atom is 0.264 e. The van der Waals surface area contributed by atoms with Gasteiger partial charge in [-0.25, -0.2) is 12.8 Å². The van der Waals surface area contributed by atoms with Crippen molar-refractivity contribution in [2.45, 2.75) is 43.7 Å². The molecule has 4 aromatic rings. The zero-order valence-electron chi connectivity index (χ0n) is 26.8. The average molecular weight is 662 g/mol. The number of carbonyl (C=O) groups excluding carboxylic acids is 2. The molecule has 0 fully saturated rings. The third kappa shape index (κ3) is 9.10. The first-order chi connectivity index (χ1) is 22.7. The number of ether oxygens (including phenoxy) is 2. The Morgan fingerprint density at radius 3 is 2.04 bits per heavy atom. The van der Waals surface area contributed by atoms with Crippen LogP contribution in [0.4, 0.5) is 10.1 Å². The monoisotopic (exact) mass is 661 g/mol. The fraction of sp³-hybridized carbons (Fsp3) is 0.278. The zero-order chi connectivity index (χ0) is 33.8. The first-order valence-corrected chi connectivity index (χ1v) is 16.8. The summed E-state index contributed by atoms with van der Waals surface area (Å²) in [6.07, 6.45) is 1.84. The van der Waals surface area contributed by atoms with Crippen molar-refractivity contribution in [2.75, 3.05) is 31.6 Å². The summed E-state index contributed by atoms with van der Waals surface area (Å²) in [5, 5.41) is 2.96. The van der Waals surface area contributed by atoms with E-state index in [4.69, 9.17) is 9.47 Å². The molecule has 0 aliphatic rings. The quantitative estimate of drug-likeness (QED) is 0.157. The second kappa shape index (κ2) is 16.6. The van der Waals surface area contributed by atoms with Gasteiger partial charge >= 0.3 is 0 Å². The highest BCUT2D eigenvalue weighted by atomic mass is 32.2. The Hall–Kier alpha value is -4.90. The molecule has 0 bridgehead atoms. The number of sulfonamides is 1. The minimum absolute atomic E-state index is 0.0477. The first-order valence-electron chi connectivity index (χ1n) is 15.3. The lowest BCUT2D eigenvalue weighted by atomic mass is 10.0. The van der Waals surface area contributed by atoms with E-state index >= 15 is 0 Å². The Bertz CT molecular complexity index is 1720. The van der Waals surface area contributed by atoms with Crippen LogP contribution in [0.15, 0.2) is 108 Å². The Kier molecular flexibility index (Phi) is 12.3. The van der Waals surface area contributed by atoms with E-state index in [0.717, 1.165) is 40.4 Å². The summed E-state index contributed by atoms with van der Waals surface area (Å²) in [5.41, 5.74) is 1.67. The van der Waals surface area contributed by atoms with Gasteiger partial charge in [0.05, 0.1) is 24.8 Å². The third-order valence-electron chi connectivity index (χ3n) is 7.63. The predicted octanol–water partition coefficient (Wildman–Crippen LogP) is 5.59. The minimum atomic E-state index is -4.42. The number of carbonyl (C=O) groups is 2. The van der Waals surface area contributed by atoms with Crippen molar-refractivity contribution in [3.8, 4) is 11.5 Å². The van der Waals surface area contributed by atoms with Crippen LogP contribution in [0.5, 0.6) is 11.5 Å². The molecule has 4 rings (SSSR count). The van der Waals surface area contributed by atoms with Gasteiger partial charge in [-0.1, -0.05) is 74.0 Å². The van der Waals surface area contributed by atoms with E-state index in [9.17, 15) is 22.4 Å². The summed E-state index contributed by atoms with van der Waals surface area (Å²) < 4.78 is 54.0. The van der Waals surface area contributed by atoms with Gasteiger partial charge in [0.2, 0.25) is 11.8 Å². The highest BCUT2D eigenvalue weighted by Crippen LogP contribution is 2.32. The maximum atomic E-state index is 14.5. The number of halogens is 1. The highest BCUT2D eigenvalue weighted by molar-refractivity contribution is 7.92. The van der Waals surface area contributed by atoms with Gasteiger partial charge in [0, 0.05) is 25.6 Å². The summed E-state index contributed by atoms with van der Waals surface area (Å²) in [4.78, 5) is 29.5. The standard InChI is InChI=1S/C36H40FN3O6S/c1-4-5-22-38-36(42)32(23-27-12-8-6-9-13-27)39(25-28-14-10-7-11-15-28)35(41)26-40(30-18-16-29(37)17-19-30)47(43,44)31-20-21-33(45-2)34(24-31)46-3/h6-21,24,32H,4-5,22-23,25-26H2,1-3H3,(H,38,42)/t32-/m0/s1. The van der Waals surface area contributed by atoms with Crippen LogP contribution in [0.1, 0.15) is 30.9 Å². The number of nitrogens with zero attached hydrogens (tertiary/aromatic N) is 2. The molecule has 0 aliphatic heterocycles. The number of nitrogens with one attached hydrogen (secondary N) is 1. The number of hydrogen-bond acceptors (Lipinski definition) is 6. The summed E-state index contributed by atoms with van der Waals surface area (Å²) in [6, 6.07) is 26.5. The van der Waals surface area contributed by atoms with Crippen molar-refractivity contribution in [3.05, 3.63) is 120 Å². The van der Waals surface area contributed by atoms with Crippen LogP contribution in [-0.4, -0.2) is 58.5 Å². The maximum absolute atomic E-state index is 14.5. The molecule has 1 N–H and O–H groups in total. The normalized spacial score (nSPS) is 11.7. The van der Waals surface area contributed by atoms with Gasteiger partial charge in [-0.2, -0.15) is 0 Å². The predicted molar refractivity (Wildman–Crippen MR) is 179 cm³/mol. The molecule has 248 valence electrons. The van der Waals surface area contributed by atoms with Crippen molar-refractivity contribution in [3.63, 3.8) is 0 Å². The molecule has 0 saturated carbocycles. The van der Waals surface area contributed by atoms with E-state index in [1.165, 1.54) is 49.5 Å². The molecule has 2 amide bonds. The van der Waals surface area contributed by atoms with Gasteiger partial charge in [-0.3, -0.25) is 13.9 Å². The van der Waals surface area contributed by atoms with Crippen molar-refractivity contribution in [1.29, 1.82) is 0 Å². The molecule has 11 heteroatoms. The van der Waals surface area contributed by atoms with Crippen molar-refractivity contribution in [2.24, 2.45) is 0 Å². The van der Waals surface area contributed by atoms with E-state index in [0.29, 0.717) is 12.3 Å². The van der Waals surface area contributed by atoms with E-state index in [1.54, 1.807) is 0 Å². The van der Waals surface area contributed by atoms with Gasteiger partial charge in [-0.05, 0) is 53.9 Å². The Morgan fingerprint density at radius 1 is 0.830 bits per heavy atom. The summed E-state index contributed by atoms with van der Waals surface area (Å²) in [7, 11) is -1.61. The topological polar surface area (TPSA) is 105 Å². The van der Waals surface area contributed by atoms with Crippen LogP contribution in [0, 0.1) is 5.82 Å². The molecule has 0 radical (unpaired) electrons.